The number of benzene rings is 1. The first-order valence-electron chi connectivity index (χ1n) is 7.59. The minimum absolute atomic E-state index is 0.241. The topological polar surface area (TPSA) is 9.23 Å². The zero-order valence-electron chi connectivity index (χ0n) is 12.9. The van der Waals surface area contributed by atoms with Gasteiger partial charge in [0, 0.05) is 0 Å². The Balaban J connectivity index is 2.70. The molecule has 19 heavy (non-hydrogen) atoms. The van der Waals surface area contributed by atoms with Gasteiger partial charge < -0.3 is 4.74 Å². The Hall–Kier alpha value is -1.24. The van der Waals surface area contributed by atoms with Crippen molar-refractivity contribution in [2.24, 2.45) is 0 Å². The number of ether oxygens (including phenoxy) is 1. The van der Waals surface area contributed by atoms with Crippen LogP contribution < -0.4 is 4.74 Å². The van der Waals surface area contributed by atoms with Crippen molar-refractivity contribution in [2.75, 3.05) is 0 Å². The molecule has 0 heterocycles. The zero-order chi connectivity index (χ0) is 14.1. The first-order valence-corrected chi connectivity index (χ1v) is 7.59. The zero-order valence-corrected chi connectivity index (χ0v) is 12.9. The third-order valence-corrected chi connectivity index (χ3v) is 3.18. The van der Waals surface area contributed by atoms with E-state index in [2.05, 4.69) is 64.1 Å². The van der Waals surface area contributed by atoms with Crippen molar-refractivity contribution in [1.82, 2.24) is 0 Å². The molecule has 0 fully saturated rings. The van der Waals surface area contributed by atoms with Crippen LogP contribution in [0.25, 0.3) is 0 Å². The second-order valence-corrected chi connectivity index (χ2v) is 5.34. The summed E-state index contributed by atoms with van der Waals surface area (Å²) in [7, 11) is 0. The molecular formula is C18H28O. The number of hydrogen-bond acceptors (Lipinski definition) is 1. The van der Waals surface area contributed by atoms with Crippen molar-refractivity contribution >= 4 is 0 Å². The first-order chi connectivity index (χ1) is 9.17. The van der Waals surface area contributed by atoms with Gasteiger partial charge in [-0.25, -0.2) is 0 Å². The maximum atomic E-state index is 5.69. The highest BCUT2D eigenvalue weighted by atomic mass is 16.5. The second-order valence-electron chi connectivity index (χ2n) is 5.34. The second kappa shape index (κ2) is 8.79. The average Bonchev–Trinajstić information content (AvgIpc) is 2.38. The predicted molar refractivity (Wildman–Crippen MR) is 83.9 cm³/mol. The van der Waals surface area contributed by atoms with Crippen LogP contribution in [0.15, 0.2) is 36.4 Å². The molecule has 0 saturated carbocycles. The van der Waals surface area contributed by atoms with Crippen molar-refractivity contribution < 1.29 is 4.74 Å². The largest absolute Gasteiger partial charge is 0.491 e. The lowest BCUT2D eigenvalue weighted by molar-refractivity contribution is 0.242. The molecule has 0 radical (unpaired) electrons. The SMILES string of the molecule is CC/C=C\CC(CCC)c1ccc(OC(C)C)cc1. The quantitative estimate of drug-likeness (QED) is 0.544. The maximum absolute atomic E-state index is 5.69. The van der Waals surface area contributed by atoms with Gasteiger partial charge in [-0.2, -0.15) is 0 Å². The molecule has 1 unspecified atom stereocenters. The number of rotatable bonds is 8. The van der Waals surface area contributed by atoms with Crippen molar-refractivity contribution in [1.29, 1.82) is 0 Å². The molecule has 1 aromatic rings. The summed E-state index contributed by atoms with van der Waals surface area (Å²) in [5.74, 6) is 1.61. The predicted octanol–water partition coefficient (Wildman–Crippen LogP) is 5.71. The monoisotopic (exact) mass is 260 g/mol. The number of hydrogen-bond donors (Lipinski definition) is 0. The molecule has 0 amide bonds. The minimum atomic E-state index is 0.241. The Kier molecular flexibility index (Phi) is 7.32. The van der Waals surface area contributed by atoms with E-state index in [1.54, 1.807) is 0 Å². The van der Waals surface area contributed by atoms with Gasteiger partial charge in [0.05, 0.1) is 6.10 Å². The van der Waals surface area contributed by atoms with Gasteiger partial charge in [0.25, 0.3) is 0 Å². The third-order valence-electron chi connectivity index (χ3n) is 3.18. The van der Waals surface area contributed by atoms with E-state index in [4.69, 9.17) is 4.74 Å². The Morgan fingerprint density at radius 1 is 1.05 bits per heavy atom. The fourth-order valence-corrected chi connectivity index (χ4v) is 2.29. The van der Waals surface area contributed by atoms with Crippen molar-refractivity contribution in [2.45, 2.75) is 65.4 Å². The van der Waals surface area contributed by atoms with E-state index in [1.165, 1.54) is 18.4 Å². The van der Waals surface area contributed by atoms with E-state index in [-0.39, 0.29) is 6.10 Å². The summed E-state index contributed by atoms with van der Waals surface area (Å²) in [6, 6.07) is 8.64. The molecule has 1 atom stereocenters. The highest BCUT2D eigenvalue weighted by Gasteiger charge is 2.09. The normalized spacial score (nSPS) is 13.1. The summed E-state index contributed by atoms with van der Waals surface area (Å²) >= 11 is 0. The Labute approximate surface area is 118 Å². The summed E-state index contributed by atoms with van der Waals surface area (Å²) in [6.45, 7) is 8.56. The van der Waals surface area contributed by atoms with Crippen LogP contribution in [0, 0.1) is 0 Å². The van der Waals surface area contributed by atoms with Crippen LogP contribution in [-0.2, 0) is 0 Å². The van der Waals surface area contributed by atoms with Crippen molar-refractivity contribution in [3.05, 3.63) is 42.0 Å². The fraction of sp³-hybridized carbons (Fsp3) is 0.556. The van der Waals surface area contributed by atoms with Crippen LogP contribution in [0.5, 0.6) is 5.75 Å². The van der Waals surface area contributed by atoms with Crippen molar-refractivity contribution in [3.8, 4) is 5.75 Å². The Morgan fingerprint density at radius 2 is 1.74 bits per heavy atom. The third kappa shape index (κ3) is 5.96. The van der Waals surface area contributed by atoms with Crippen LogP contribution in [0.3, 0.4) is 0 Å². The molecule has 1 nitrogen and oxygen atoms in total. The average molecular weight is 260 g/mol. The molecule has 106 valence electrons. The van der Waals surface area contributed by atoms with Gasteiger partial charge in [-0.1, -0.05) is 44.6 Å². The fourth-order valence-electron chi connectivity index (χ4n) is 2.29. The maximum Gasteiger partial charge on any atom is 0.119 e. The number of allylic oxidation sites excluding steroid dienone is 2. The molecule has 0 aliphatic rings. The highest BCUT2D eigenvalue weighted by molar-refractivity contribution is 5.30. The van der Waals surface area contributed by atoms with Gasteiger partial charge in [0.2, 0.25) is 0 Å². The van der Waals surface area contributed by atoms with E-state index in [9.17, 15) is 0 Å². The highest BCUT2D eigenvalue weighted by Crippen LogP contribution is 2.27. The van der Waals surface area contributed by atoms with E-state index in [0.717, 1.165) is 18.6 Å². The summed E-state index contributed by atoms with van der Waals surface area (Å²) in [5, 5.41) is 0. The molecular weight excluding hydrogens is 232 g/mol. The van der Waals surface area contributed by atoms with Gasteiger partial charge in [0.1, 0.15) is 5.75 Å². The van der Waals surface area contributed by atoms with Gasteiger partial charge in [-0.3, -0.25) is 0 Å². The van der Waals surface area contributed by atoms with Gasteiger partial charge in [0.15, 0.2) is 0 Å². The van der Waals surface area contributed by atoms with E-state index < -0.39 is 0 Å². The standard InChI is InChI=1S/C18H28O/c1-5-7-8-10-16(9-6-2)17-11-13-18(14-12-17)19-15(3)4/h7-8,11-16H,5-6,9-10H2,1-4H3/b8-7-. The van der Waals surface area contributed by atoms with E-state index >= 15 is 0 Å². The molecule has 0 bridgehead atoms. The molecule has 0 aliphatic heterocycles. The van der Waals surface area contributed by atoms with Crippen LogP contribution in [0.4, 0.5) is 0 Å². The summed E-state index contributed by atoms with van der Waals surface area (Å²) in [5.41, 5.74) is 1.43. The molecule has 1 aromatic carbocycles. The lowest BCUT2D eigenvalue weighted by Crippen LogP contribution is -2.05. The first kappa shape index (κ1) is 15.8. The van der Waals surface area contributed by atoms with Crippen LogP contribution in [0.2, 0.25) is 0 Å². The van der Waals surface area contributed by atoms with Crippen LogP contribution >= 0.6 is 0 Å². The smallest absolute Gasteiger partial charge is 0.119 e. The molecule has 0 N–H and O–H groups in total. The van der Waals surface area contributed by atoms with Gasteiger partial charge in [-0.05, 0) is 56.7 Å². The summed E-state index contributed by atoms with van der Waals surface area (Å²) in [4.78, 5) is 0. The molecule has 0 spiro atoms. The minimum Gasteiger partial charge on any atom is -0.491 e. The molecule has 0 aliphatic carbocycles. The van der Waals surface area contributed by atoms with Gasteiger partial charge in [-0.15, -0.1) is 0 Å². The van der Waals surface area contributed by atoms with E-state index in [0.29, 0.717) is 5.92 Å². The van der Waals surface area contributed by atoms with Crippen LogP contribution in [-0.4, -0.2) is 6.10 Å². The van der Waals surface area contributed by atoms with E-state index in [1.807, 2.05) is 0 Å². The lowest BCUT2D eigenvalue weighted by Gasteiger charge is -2.16. The Bertz CT molecular complexity index is 362. The summed E-state index contributed by atoms with van der Waals surface area (Å²) in [6.07, 6.45) is 9.57. The molecule has 0 saturated heterocycles. The van der Waals surface area contributed by atoms with Crippen molar-refractivity contribution in [3.63, 3.8) is 0 Å². The molecule has 0 aromatic heterocycles. The molecule has 1 heteroatoms. The lowest BCUT2D eigenvalue weighted by atomic mass is 9.91. The Morgan fingerprint density at radius 3 is 2.26 bits per heavy atom. The summed E-state index contributed by atoms with van der Waals surface area (Å²) < 4.78 is 5.69. The van der Waals surface area contributed by atoms with Gasteiger partial charge >= 0.3 is 0 Å². The molecule has 1 rings (SSSR count). The van der Waals surface area contributed by atoms with Crippen LogP contribution in [0.1, 0.15) is 64.9 Å².